The number of benzene rings is 1. The first kappa shape index (κ1) is 13.5. The first-order chi connectivity index (χ1) is 8.77. The van der Waals surface area contributed by atoms with Gasteiger partial charge in [-0.25, -0.2) is 0 Å². The van der Waals surface area contributed by atoms with E-state index in [9.17, 15) is 0 Å². The zero-order valence-corrected chi connectivity index (χ0v) is 11.4. The van der Waals surface area contributed by atoms with Crippen LogP contribution in [0.2, 0.25) is 5.02 Å². The summed E-state index contributed by atoms with van der Waals surface area (Å²) in [5, 5.41) is 9.68. The van der Waals surface area contributed by atoms with Gasteiger partial charge in [0.15, 0.2) is 11.5 Å². The van der Waals surface area contributed by atoms with Gasteiger partial charge in [0.05, 0.1) is 13.2 Å². The molecule has 0 saturated heterocycles. The maximum Gasteiger partial charge on any atom is 0.164 e. The first-order valence-electron chi connectivity index (χ1n) is 6.48. The van der Waals surface area contributed by atoms with Crippen molar-refractivity contribution in [2.75, 3.05) is 19.8 Å². The lowest BCUT2D eigenvalue weighted by molar-refractivity contribution is 0.288. The molecule has 0 bridgehead atoms. The third kappa shape index (κ3) is 2.73. The minimum Gasteiger partial charge on any atom is -0.489 e. The van der Waals surface area contributed by atoms with Crippen molar-refractivity contribution in [1.82, 2.24) is 0 Å². The van der Waals surface area contributed by atoms with Gasteiger partial charge in [0, 0.05) is 29.7 Å². The maximum atomic E-state index is 8.97. The van der Waals surface area contributed by atoms with Gasteiger partial charge in [0.1, 0.15) is 0 Å². The molecular formula is C14H19ClO3. The number of halogens is 1. The fourth-order valence-corrected chi connectivity index (χ4v) is 2.59. The SMILES string of the molecule is CCc1c(CCCO)c(Cl)cc2c1OCCCO2. The molecule has 100 valence electrons. The van der Waals surface area contributed by atoms with E-state index in [-0.39, 0.29) is 6.61 Å². The maximum absolute atomic E-state index is 8.97. The summed E-state index contributed by atoms with van der Waals surface area (Å²) in [6.07, 6.45) is 3.23. The second kappa shape index (κ2) is 6.30. The first-order valence-corrected chi connectivity index (χ1v) is 6.86. The summed E-state index contributed by atoms with van der Waals surface area (Å²) in [5.41, 5.74) is 2.20. The fraction of sp³-hybridized carbons (Fsp3) is 0.571. The normalized spacial score (nSPS) is 14.4. The number of aliphatic hydroxyl groups is 1. The Morgan fingerprint density at radius 3 is 2.78 bits per heavy atom. The van der Waals surface area contributed by atoms with Gasteiger partial charge < -0.3 is 14.6 Å². The van der Waals surface area contributed by atoms with E-state index in [0.717, 1.165) is 41.9 Å². The topological polar surface area (TPSA) is 38.7 Å². The molecule has 0 atom stereocenters. The summed E-state index contributed by atoms with van der Waals surface area (Å²) in [7, 11) is 0. The van der Waals surface area contributed by atoms with Crippen LogP contribution in [0.15, 0.2) is 6.07 Å². The Bertz CT molecular complexity index is 418. The van der Waals surface area contributed by atoms with Crippen LogP contribution in [0.1, 0.15) is 30.9 Å². The fourth-order valence-electron chi connectivity index (χ4n) is 2.28. The predicted octanol–water partition coefficient (Wildman–Crippen LogP) is 2.99. The monoisotopic (exact) mass is 270 g/mol. The summed E-state index contributed by atoms with van der Waals surface area (Å²) in [5.74, 6) is 1.59. The molecule has 0 aromatic heterocycles. The van der Waals surface area contributed by atoms with Crippen molar-refractivity contribution in [3.8, 4) is 11.5 Å². The van der Waals surface area contributed by atoms with Crippen LogP contribution in [-0.4, -0.2) is 24.9 Å². The molecule has 18 heavy (non-hydrogen) atoms. The number of rotatable bonds is 4. The molecule has 0 spiro atoms. The molecular weight excluding hydrogens is 252 g/mol. The van der Waals surface area contributed by atoms with Crippen LogP contribution >= 0.6 is 11.6 Å². The Kier molecular flexibility index (Phi) is 4.72. The van der Waals surface area contributed by atoms with Gasteiger partial charge >= 0.3 is 0 Å². The average Bonchev–Trinajstić information content (AvgIpc) is 2.60. The Morgan fingerprint density at radius 2 is 2.06 bits per heavy atom. The molecule has 1 heterocycles. The highest BCUT2D eigenvalue weighted by Crippen LogP contribution is 2.40. The lowest BCUT2D eigenvalue weighted by atomic mass is 9.99. The Morgan fingerprint density at radius 1 is 1.28 bits per heavy atom. The van der Waals surface area contributed by atoms with Crippen LogP contribution in [0.4, 0.5) is 0 Å². The molecule has 0 amide bonds. The van der Waals surface area contributed by atoms with Crippen LogP contribution < -0.4 is 9.47 Å². The standard InChI is InChI=1S/C14H19ClO3/c1-2-10-11(5-3-6-16)12(15)9-13-14(10)18-8-4-7-17-13/h9,16H,2-8H2,1H3. The minimum absolute atomic E-state index is 0.175. The van der Waals surface area contributed by atoms with Crippen molar-refractivity contribution < 1.29 is 14.6 Å². The van der Waals surface area contributed by atoms with E-state index < -0.39 is 0 Å². The summed E-state index contributed by atoms with van der Waals surface area (Å²) < 4.78 is 11.5. The molecule has 0 saturated carbocycles. The van der Waals surface area contributed by atoms with Gasteiger partial charge in [-0.3, -0.25) is 0 Å². The molecule has 4 heteroatoms. The molecule has 0 unspecified atom stereocenters. The van der Waals surface area contributed by atoms with Gasteiger partial charge in [-0.15, -0.1) is 0 Å². The van der Waals surface area contributed by atoms with Crippen LogP contribution in [0.25, 0.3) is 0 Å². The quantitative estimate of drug-likeness (QED) is 0.914. The van der Waals surface area contributed by atoms with Crippen LogP contribution in [0.5, 0.6) is 11.5 Å². The highest BCUT2D eigenvalue weighted by molar-refractivity contribution is 6.31. The molecule has 1 aliphatic heterocycles. The van der Waals surface area contributed by atoms with E-state index in [1.165, 1.54) is 0 Å². The van der Waals surface area contributed by atoms with Crippen molar-refractivity contribution in [1.29, 1.82) is 0 Å². The predicted molar refractivity (Wildman–Crippen MR) is 71.8 cm³/mol. The molecule has 1 aromatic carbocycles. The van der Waals surface area contributed by atoms with Gasteiger partial charge in [-0.05, 0) is 24.8 Å². The molecule has 1 N–H and O–H groups in total. The lowest BCUT2D eigenvalue weighted by Crippen LogP contribution is -2.03. The molecule has 3 nitrogen and oxygen atoms in total. The smallest absolute Gasteiger partial charge is 0.164 e. The summed E-state index contributed by atoms with van der Waals surface area (Å²) in [6, 6.07) is 1.84. The second-order valence-corrected chi connectivity index (χ2v) is 4.78. The highest BCUT2D eigenvalue weighted by Gasteiger charge is 2.20. The highest BCUT2D eigenvalue weighted by atomic mass is 35.5. The van der Waals surface area contributed by atoms with Crippen LogP contribution in [0.3, 0.4) is 0 Å². The van der Waals surface area contributed by atoms with Crippen molar-refractivity contribution in [3.05, 3.63) is 22.2 Å². The number of ether oxygens (including phenoxy) is 2. The van der Waals surface area contributed by atoms with Crippen molar-refractivity contribution in [3.63, 3.8) is 0 Å². The number of aliphatic hydroxyl groups excluding tert-OH is 1. The van der Waals surface area contributed by atoms with Gasteiger partial charge in [0.25, 0.3) is 0 Å². The molecule has 0 aliphatic carbocycles. The Balaban J connectivity index is 2.43. The Hall–Kier alpha value is -0.930. The third-order valence-corrected chi connectivity index (χ3v) is 3.48. The second-order valence-electron chi connectivity index (χ2n) is 4.37. The summed E-state index contributed by atoms with van der Waals surface area (Å²) in [4.78, 5) is 0. The third-order valence-electron chi connectivity index (χ3n) is 3.14. The molecule has 0 radical (unpaired) electrons. The summed E-state index contributed by atoms with van der Waals surface area (Å²) in [6.45, 7) is 3.61. The largest absolute Gasteiger partial charge is 0.489 e. The average molecular weight is 271 g/mol. The van der Waals surface area contributed by atoms with Gasteiger partial charge in [0.2, 0.25) is 0 Å². The van der Waals surface area contributed by atoms with Crippen LogP contribution in [0, 0.1) is 0 Å². The van der Waals surface area contributed by atoms with E-state index in [0.29, 0.717) is 24.7 Å². The lowest BCUT2D eigenvalue weighted by Gasteiger charge is -2.17. The van der Waals surface area contributed by atoms with E-state index in [4.69, 9.17) is 26.2 Å². The zero-order chi connectivity index (χ0) is 13.0. The molecule has 0 fully saturated rings. The molecule has 2 rings (SSSR count). The molecule has 1 aromatic rings. The number of fused-ring (bicyclic) bond motifs is 1. The minimum atomic E-state index is 0.175. The van der Waals surface area contributed by atoms with E-state index in [1.807, 2.05) is 6.07 Å². The van der Waals surface area contributed by atoms with E-state index in [2.05, 4.69) is 6.92 Å². The number of hydrogen-bond acceptors (Lipinski definition) is 3. The number of hydrogen-bond donors (Lipinski definition) is 1. The molecule has 1 aliphatic rings. The van der Waals surface area contributed by atoms with Crippen molar-refractivity contribution in [2.45, 2.75) is 32.6 Å². The Labute approximate surface area is 113 Å². The van der Waals surface area contributed by atoms with E-state index >= 15 is 0 Å². The van der Waals surface area contributed by atoms with Crippen LogP contribution in [-0.2, 0) is 12.8 Å². The zero-order valence-electron chi connectivity index (χ0n) is 10.7. The van der Waals surface area contributed by atoms with E-state index in [1.54, 1.807) is 0 Å². The van der Waals surface area contributed by atoms with Crippen molar-refractivity contribution in [2.24, 2.45) is 0 Å². The van der Waals surface area contributed by atoms with Crippen molar-refractivity contribution >= 4 is 11.6 Å². The van der Waals surface area contributed by atoms with Gasteiger partial charge in [-0.1, -0.05) is 18.5 Å². The van der Waals surface area contributed by atoms with Gasteiger partial charge in [-0.2, -0.15) is 0 Å². The summed E-state index contributed by atoms with van der Waals surface area (Å²) >= 11 is 6.32.